The van der Waals surface area contributed by atoms with E-state index in [1.54, 1.807) is 13.0 Å². The number of anilines is 1. The number of H-pyrrole nitrogens is 1. The van der Waals surface area contributed by atoms with Gasteiger partial charge in [0.05, 0.1) is 12.1 Å². The smallest absolute Gasteiger partial charge is 0.361 e. The average Bonchev–Trinajstić information content (AvgIpc) is 3.31. The Labute approximate surface area is 183 Å². The Morgan fingerprint density at radius 2 is 1.75 bits per heavy atom. The molecule has 0 saturated heterocycles. The van der Waals surface area contributed by atoms with E-state index in [1.807, 2.05) is 56.3 Å². The zero-order chi connectivity index (χ0) is 22.4. The van der Waals surface area contributed by atoms with Crippen LogP contribution in [-0.4, -0.2) is 24.3 Å². The van der Waals surface area contributed by atoms with Gasteiger partial charge in [0.15, 0.2) is 0 Å². The van der Waals surface area contributed by atoms with E-state index in [0.29, 0.717) is 17.1 Å². The highest BCUT2D eigenvalue weighted by Crippen LogP contribution is 2.32. The van der Waals surface area contributed by atoms with Gasteiger partial charge < -0.3 is 4.52 Å². The molecule has 0 amide bonds. The number of aromatic amines is 1. The van der Waals surface area contributed by atoms with Gasteiger partial charge in [0.25, 0.3) is 0 Å². The van der Waals surface area contributed by atoms with Crippen molar-refractivity contribution in [2.75, 3.05) is 5.73 Å². The fourth-order valence-electron chi connectivity index (χ4n) is 3.97. The second-order valence-corrected chi connectivity index (χ2v) is 7.79. The molecule has 160 valence electrons. The third kappa shape index (κ3) is 3.33. The normalized spacial score (nSPS) is 11.3. The standard InChI is InChI=1S/C23H21N7O2/c1-13-9-17(10-14(2)25-13)19-20(16-7-5-4-6-8-16)26-22(24)30-21(19)27-29(23(30)31)12-18-11-15(3)32-28-18/h4-11H,12H2,1-3H3,(H2,24,26)/p+1. The van der Waals surface area contributed by atoms with Crippen molar-refractivity contribution >= 4 is 11.6 Å². The minimum absolute atomic E-state index is 0.172. The molecule has 9 heteroatoms. The Balaban J connectivity index is 1.83. The molecule has 1 aromatic carbocycles. The van der Waals surface area contributed by atoms with Crippen LogP contribution in [0.25, 0.3) is 28.0 Å². The van der Waals surface area contributed by atoms with Gasteiger partial charge >= 0.3 is 11.6 Å². The molecule has 0 spiro atoms. The third-order valence-corrected chi connectivity index (χ3v) is 5.23. The van der Waals surface area contributed by atoms with Crippen LogP contribution in [-0.2, 0) is 6.54 Å². The Bertz CT molecular complexity index is 1490. The summed E-state index contributed by atoms with van der Waals surface area (Å²) in [6.45, 7) is 5.85. The number of nitrogens with two attached hydrogens (primary N) is 1. The molecule has 0 fully saturated rings. The van der Waals surface area contributed by atoms with Gasteiger partial charge in [0.1, 0.15) is 17.1 Å². The van der Waals surface area contributed by atoms with Gasteiger partial charge in [-0.2, -0.15) is 4.68 Å². The number of aromatic nitrogens is 6. The predicted molar refractivity (Wildman–Crippen MR) is 119 cm³/mol. The number of nitrogens with zero attached hydrogens (tertiary/aromatic N) is 5. The number of pyridine rings is 1. The number of benzene rings is 1. The van der Waals surface area contributed by atoms with Gasteiger partial charge in [-0.3, -0.25) is 10.7 Å². The molecule has 5 rings (SSSR count). The van der Waals surface area contributed by atoms with Gasteiger partial charge in [0, 0.05) is 23.0 Å². The molecule has 9 nitrogen and oxygen atoms in total. The summed E-state index contributed by atoms with van der Waals surface area (Å²) in [4.78, 5) is 20.9. The summed E-state index contributed by atoms with van der Waals surface area (Å²) in [6, 6.07) is 15.6. The van der Waals surface area contributed by atoms with Crippen LogP contribution < -0.4 is 16.4 Å². The summed E-state index contributed by atoms with van der Waals surface area (Å²) in [7, 11) is 0. The number of aryl methyl sites for hydroxylation is 3. The van der Waals surface area contributed by atoms with Crippen molar-refractivity contribution in [3.8, 4) is 22.4 Å². The van der Waals surface area contributed by atoms with Gasteiger partial charge in [-0.15, -0.1) is 9.50 Å². The topological polar surface area (TPSA) is 118 Å². The molecule has 32 heavy (non-hydrogen) atoms. The lowest BCUT2D eigenvalue weighted by Gasteiger charge is -2.10. The molecule has 0 aliphatic heterocycles. The van der Waals surface area contributed by atoms with Crippen LogP contribution in [0.1, 0.15) is 22.8 Å². The van der Waals surface area contributed by atoms with E-state index in [-0.39, 0.29) is 18.2 Å². The molecule has 5 aromatic rings. The van der Waals surface area contributed by atoms with E-state index in [0.717, 1.165) is 33.8 Å². The number of hydrogen-bond donors (Lipinski definition) is 1. The molecule has 0 atom stereocenters. The molecule has 0 radical (unpaired) electrons. The molecule has 4 heterocycles. The average molecular weight is 428 g/mol. The Morgan fingerprint density at radius 3 is 2.41 bits per heavy atom. The molecule has 0 unspecified atom stereocenters. The van der Waals surface area contributed by atoms with Crippen LogP contribution in [0, 0.1) is 20.8 Å². The second-order valence-electron chi connectivity index (χ2n) is 7.79. The van der Waals surface area contributed by atoms with Crippen molar-refractivity contribution in [2.45, 2.75) is 27.3 Å². The maximum Gasteiger partial charge on any atom is 0.411 e. The quantitative estimate of drug-likeness (QED) is 0.470. The minimum Gasteiger partial charge on any atom is -0.361 e. The molecule has 0 aliphatic rings. The first kappa shape index (κ1) is 19.7. The van der Waals surface area contributed by atoms with E-state index in [4.69, 9.17) is 10.3 Å². The first-order valence-electron chi connectivity index (χ1n) is 10.2. The number of hydrogen-bond acceptors (Lipinski definition) is 6. The second kappa shape index (κ2) is 7.45. The number of nitrogens with one attached hydrogen (secondary N) is 1. The van der Waals surface area contributed by atoms with Crippen molar-refractivity contribution in [3.63, 3.8) is 0 Å². The fraction of sp³-hybridized carbons (Fsp3) is 0.174. The molecule has 0 bridgehead atoms. The van der Waals surface area contributed by atoms with Crippen LogP contribution in [0.15, 0.2) is 57.8 Å². The van der Waals surface area contributed by atoms with Gasteiger partial charge in [-0.25, -0.2) is 9.78 Å². The largest absolute Gasteiger partial charge is 0.411 e. The van der Waals surface area contributed by atoms with E-state index >= 15 is 0 Å². The van der Waals surface area contributed by atoms with Crippen molar-refractivity contribution in [1.82, 2.24) is 24.3 Å². The number of fused-ring (bicyclic) bond motifs is 1. The highest BCUT2D eigenvalue weighted by atomic mass is 16.5. The molecule has 0 saturated carbocycles. The molecular formula is C23H22N7O2+. The van der Waals surface area contributed by atoms with Crippen molar-refractivity contribution in [3.05, 3.63) is 81.9 Å². The summed E-state index contributed by atoms with van der Waals surface area (Å²) < 4.78 is 7.86. The zero-order valence-electron chi connectivity index (χ0n) is 18.0. The first-order valence-corrected chi connectivity index (χ1v) is 10.2. The predicted octanol–water partition coefficient (Wildman–Crippen LogP) is 2.58. The van der Waals surface area contributed by atoms with Gasteiger partial charge in [-0.05, 0) is 38.5 Å². The lowest BCUT2D eigenvalue weighted by atomic mass is 9.99. The maximum atomic E-state index is 13.2. The number of nitrogen functional groups attached to an aromatic ring is 1. The van der Waals surface area contributed by atoms with Gasteiger partial charge in [-0.1, -0.05) is 35.5 Å². The van der Waals surface area contributed by atoms with E-state index in [9.17, 15) is 4.79 Å². The Hall–Kier alpha value is -4.27. The Morgan fingerprint density at radius 1 is 1.03 bits per heavy atom. The fourth-order valence-corrected chi connectivity index (χ4v) is 3.97. The van der Waals surface area contributed by atoms with E-state index in [2.05, 4.69) is 20.2 Å². The maximum absolute atomic E-state index is 13.2. The molecular weight excluding hydrogens is 406 g/mol. The summed E-state index contributed by atoms with van der Waals surface area (Å²) in [5, 5.41) is 8.65. The van der Waals surface area contributed by atoms with E-state index in [1.165, 1.54) is 9.08 Å². The molecule has 4 aromatic heterocycles. The highest BCUT2D eigenvalue weighted by Gasteiger charge is 2.26. The zero-order valence-corrected chi connectivity index (χ0v) is 18.0. The summed E-state index contributed by atoms with van der Waals surface area (Å²) in [5.74, 6) is 0.858. The number of rotatable bonds is 4. The van der Waals surface area contributed by atoms with Crippen molar-refractivity contribution in [1.29, 1.82) is 0 Å². The molecule has 0 aliphatic carbocycles. The SMILES string of the molecule is Cc1cc(-c2c(-c3ccccc3)[nH+]c(N)n3c(=O)n(Cc4cc(C)on4)nc23)cc(C)n1. The van der Waals surface area contributed by atoms with Crippen LogP contribution in [0.2, 0.25) is 0 Å². The first-order chi connectivity index (χ1) is 15.4. The van der Waals surface area contributed by atoms with Crippen LogP contribution >= 0.6 is 0 Å². The summed E-state index contributed by atoms with van der Waals surface area (Å²) in [5.41, 5.74) is 12.1. The minimum atomic E-state index is -0.363. The summed E-state index contributed by atoms with van der Waals surface area (Å²) >= 11 is 0. The van der Waals surface area contributed by atoms with E-state index < -0.39 is 0 Å². The van der Waals surface area contributed by atoms with Crippen LogP contribution in [0.3, 0.4) is 0 Å². The molecule has 3 N–H and O–H groups in total. The highest BCUT2D eigenvalue weighted by molar-refractivity contribution is 5.88. The lowest BCUT2D eigenvalue weighted by Crippen LogP contribution is -2.28. The Kier molecular flexibility index (Phi) is 4.58. The lowest BCUT2D eigenvalue weighted by molar-refractivity contribution is -0.351. The van der Waals surface area contributed by atoms with Crippen molar-refractivity contribution < 1.29 is 9.51 Å². The summed E-state index contributed by atoms with van der Waals surface area (Å²) in [6.07, 6.45) is 0. The third-order valence-electron chi connectivity index (χ3n) is 5.23. The monoisotopic (exact) mass is 428 g/mol. The van der Waals surface area contributed by atoms with Crippen LogP contribution in [0.5, 0.6) is 0 Å². The van der Waals surface area contributed by atoms with Crippen molar-refractivity contribution in [2.24, 2.45) is 0 Å². The van der Waals surface area contributed by atoms with Crippen LogP contribution in [0.4, 0.5) is 5.95 Å². The van der Waals surface area contributed by atoms with Gasteiger partial charge in [0.2, 0.25) is 5.65 Å².